The third-order valence-electron chi connectivity index (χ3n) is 4.59. The zero-order chi connectivity index (χ0) is 16.2. The molecule has 4 nitrogen and oxygen atoms in total. The van der Waals surface area contributed by atoms with Crippen molar-refractivity contribution in [2.24, 2.45) is 5.92 Å². The van der Waals surface area contributed by atoms with E-state index in [1.807, 2.05) is 17.3 Å². The molecule has 3 rings (SSSR count). The Morgan fingerprint density at radius 3 is 2.52 bits per heavy atom. The molecule has 0 saturated carbocycles. The number of carbonyl (C=O) groups is 1. The number of hydrogen-bond acceptors (Lipinski definition) is 3. The fraction of sp³-hybridized carbons (Fsp3) is 0.421. The van der Waals surface area contributed by atoms with Crippen LogP contribution < -0.4 is 0 Å². The summed E-state index contributed by atoms with van der Waals surface area (Å²) in [5.74, 6) is 0.776. The Morgan fingerprint density at radius 1 is 1.17 bits per heavy atom. The van der Waals surface area contributed by atoms with Gasteiger partial charge in [0, 0.05) is 31.8 Å². The summed E-state index contributed by atoms with van der Waals surface area (Å²) in [6.07, 6.45) is 6.74. The number of likely N-dealkylation sites (tertiary alicyclic amines) is 1. The van der Waals surface area contributed by atoms with Gasteiger partial charge in [0.1, 0.15) is 0 Å². The van der Waals surface area contributed by atoms with Crippen LogP contribution in [0.4, 0.5) is 0 Å². The van der Waals surface area contributed by atoms with Crippen molar-refractivity contribution in [2.45, 2.75) is 33.1 Å². The standard InChI is InChI=1S/C19H23N3O/c1-14-3-5-17(6-4-14)19-13-20-12-18(21-19)11-16-7-9-22(10-8-16)15(2)23/h3-6,12-13,16H,7-11H2,1-2H3. The zero-order valence-electron chi connectivity index (χ0n) is 13.8. The number of piperidine rings is 1. The van der Waals surface area contributed by atoms with Gasteiger partial charge in [0.15, 0.2) is 0 Å². The van der Waals surface area contributed by atoms with E-state index in [0.29, 0.717) is 5.92 Å². The lowest BCUT2D eigenvalue weighted by Crippen LogP contribution is -2.37. The molecular formula is C19H23N3O. The highest BCUT2D eigenvalue weighted by Gasteiger charge is 2.21. The van der Waals surface area contributed by atoms with E-state index < -0.39 is 0 Å². The number of nitrogens with zero attached hydrogens (tertiary/aromatic N) is 3. The summed E-state index contributed by atoms with van der Waals surface area (Å²) in [6, 6.07) is 8.38. The summed E-state index contributed by atoms with van der Waals surface area (Å²) in [4.78, 5) is 22.5. The first kappa shape index (κ1) is 15.7. The average molecular weight is 309 g/mol. The third kappa shape index (κ3) is 3.95. The van der Waals surface area contributed by atoms with Crippen LogP contribution in [0.2, 0.25) is 0 Å². The van der Waals surface area contributed by atoms with E-state index in [4.69, 9.17) is 4.98 Å². The number of benzene rings is 1. The Balaban J connectivity index is 1.66. The van der Waals surface area contributed by atoms with Gasteiger partial charge in [-0.15, -0.1) is 0 Å². The molecule has 2 aromatic rings. The average Bonchev–Trinajstić information content (AvgIpc) is 2.56. The molecule has 0 aliphatic carbocycles. The molecule has 0 bridgehead atoms. The van der Waals surface area contributed by atoms with Gasteiger partial charge in [0.2, 0.25) is 5.91 Å². The van der Waals surface area contributed by atoms with Gasteiger partial charge in [-0.25, -0.2) is 4.98 Å². The van der Waals surface area contributed by atoms with E-state index in [2.05, 4.69) is 36.2 Å². The Labute approximate surface area is 137 Å². The molecule has 2 heterocycles. The first-order valence-electron chi connectivity index (χ1n) is 8.25. The molecule has 0 atom stereocenters. The highest BCUT2D eigenvalue weighted by atomic mass is 16.2. The molecule has 1 saturated heterocycles. The van der Waals surface area contributed by atoms with Gasteiger partial charge in [-0.2, -0.15) is 0 Å². The second-order valence-electron chi connectivity index (χ2n) is 6.42. The van der Waals surface area contributed by atoms with Gasteiger partial charge in [0.05, 0.1) is 17.6 Å². The van der Waals surface area contributed by atoms with E-state index in [1.165, 1.54) is 5.56 Å². The summed E-state index contributed by atoms with van der Waals surface area (Å²) >= 11 is 0. The minimum absolute atomic E-state index is 0.185. The van der Waals surface area contributed by atoms with Crippen LogP contribution in [-0.4, -0.2) is 33.9 Å². The predicted octanol–water partition coefficient (Wildman–Crippen LogP) is 3.25. The van der Waals surface area contributed by atoms with E-state index in [-0.39, 0.29) is 5.91 Å². The molecule has 0 radical (unpaired) electrons. The molecule has 1 aromatic carbocycles. The monoisotopic (exact) mass is 309 g/mol. The fourth-order valence-electron chi connectivity index (χ4n) is 3.12. The van der Waals surface area contributed by atoms with E-state index in [0.717, 1.165) is 49.3 Å². The van der Waals surface area contributed by atoms with Crippen molar-refractivity contribution in [3.05, 3.63) is 47.9 Å². The molecule has 0 N–H and O–H groups in total. The molecule has 0 spiro atoms. The second kappa shape index (κ2) is 6.90. The van der Waals surface area contributed by atoms with Crippen LogP contribution >= 0.6 is 0 Å². The minimum atomic E-state index is 0.185. The highest BCUT2D eigenvalue weighted by molar-refractivity contribution is 5.73. The SMILES string of the molecule is CC(=O)N1CCC(Cc2cncc(-c3ccc(C)cc3)n2)CC1. The Bertz CT molecular complexity index is 673. The molecule has 1 aromatic heterocycles. The van der Waals surface area contributed by atoms with Crippen molar-refractivity contribution in [3.63, 3.8) is 0 Å². The lowest BCUT2D eigenvalue weighted by atomic mass is 9.92. The van der Waals surface area contributed by atoms with Gasteiger partial charge < -0.3 is 4.90 Å². The first-order chi connectivity index (χ1) is 11.1. The van der Waals surface area contributed by atoms with Crippen LogP contribution in [0.5, 0.6) is 0 Å². The van der Waals surface area contributed by atoms with Crippen LogP contribution in [0.1, 0.15) is 31.0 Å². The summed E-state index contributed by atoms with van der Waals surface area (Å²) in [7, 11) is 0. The second-order valence-corrected chi connectivity index (χ2v) is 6.42. The first-order valence-corrected chi connectivity index (χ1v) is 8.25. The molecule has 1 aliphatic heterocycles. The van der Waals surface area contributed by atoms with Crippen LogP contribution in [0.15, 0.2) is 36.7 Å². The Morgan fingerprint density at radius 2 is 1.87 bits per heavy atom. The Hall–Kier alpha value is -2.23. The molecule has 0 unspecified atom stereocenters. The Kier molecular flexibility index (Phi) is 4.70. The maximum atomic E-state index is 11.4. The summed E-state index contributed by atoms with van der Waals surface area (Å²) in [5, 5.41) is 0. The van der Waals surface area contributed by atoms with E-state index in [9.17, 15) is 4.79 Å². The maximum Gasteiger partial charge on any atom is 0.219 e. The smallest absolute Gasteiger partial charge is 0.219 e. The molecule has 4 heteroatoms. The molecule has 23 heavy (non-hydrogen) atoms. The van der Waals surface area contributed by atoms with Crippen molar-refractivity contribution in [2.75, 3.05) is 13.1 Å². The largest absolute Gasteiger partial charge is 0.343 e. The number of aryl methyl sites for hydroxylation is 1. The summed E-state index contributed by atoms with van der Waals surface area (Å²) in [5.41, 5.74) is 4.33. The summed E-state index contributed by atoms with van der Waals surface area (Å²) < 4.78 is 0. The van der Waals surface area contributed by atoms with Gasteiger partial charge in [-0.1, -0.05) is 29.8 Å². The number of carbonyl (C=O) groups excluding carboxylic acids is 1. The van der Waals surface area contributed by atoms with Crippen molar-refractivity contribution in [3.8, 4) is 11.3 Å². The third-order valence-corrected chi connectivity index (χ3v) is 4.59. The quantitative estimate of drug-likeness (QED) is 0.874. The van der Waals surface area contributed by atoms with Gasteiger partial charge in [-0.3, -0.25) is 9.78 Å². The number of hydrogen-bond donors (Lipinski definition) is 0. The van der Waals surface area contributed by atoms with Crippen molar-refractivity contribution < 1.29 is 4.79 Å². The summed E-state index contributed by atoms with van der Waals surface area (Å²) in [6.45, 7) is 5.46. The minimum Gasteiger partial charge on any atom is -0.343 e. The molecule has 1 amide bonds. The fourth-order valence-corrected chi connectivity index (χ4v) is 3.12. The van der Waals surface area contributed by atoms with Crippen molar-refractivity contribution in [1.29, 1.82) is 0 Å². The van der Waals surface area contributed by atoms with Crippen LogP contribution in [0.3, 0.4) is 0 Å². The topological polar surface area (TPSA) is 46.1 Å². The normalized spacial score (nSPS) is 15.7. The molecule has 120 valence electrons. The van der Waals surface area contributed by atoms with E-state index >= 15 is 0 Å². The van der Waals surface area contributed by atoms with Crippen LogP contribution in [0, 0.1) is 12.8 Å². The van der Waals surface area contributed by atoms with Gasteiger partial charge in [0.25, 0.3) is 0 Å². The van der Waals surface area contributed by atoms with Crippen molar-refractivity contribution in [1.82, 2.24) is 14.9 Å². The number of amides is 1. The molecule has 1 fully saturated rings. The maximum absolute atomic E-state index is 11.4. The highest BCUT2D eigenvalue weighted by Crippen LogP contribution is 2.22. The lowest BCUT2D eigenvalue weighted by Gasteiger charge is -2.31. The van der Waals surface area contributed by atoms with Crippen LogP contribution in [0.25, 0.3) is 11.3 Å². The zero-order valence-corrected chi connectivity index (χ0v) is 13.8. The van der Waals surface area contributed by atoms with Gasteiger partial charge >= 0.3 is 0 Å². The van der Waals surface area contributed by atoms with Crippen molar-refractivity contribution >= 4 is 5.91 Å². The van der Waals surface area contributed by atoms with Gasteiger partial charge in [-0.05, 0) is 32.1 Å². The lowest BCUT2D eigenvalue weighted by molar-refractivity contribution is -0.130. The number of aromatic nitrogens is 2. The molecule has 1 aliphatic rings. The predicted molar refractivity (Wildman–Crippen MR) is 90.9 cm³/mol. The molecular weight excluding hydrogens is 286 g/mol. The van der Waals surface area contributed by atoms with Crippen LogP contribution in [-0.2, 0) is 11.2 Å². The van der Waals surface area contributed by atoms with E-state index in [1.54, 1.807) is 6.92 Å². The number of rotatable bonds is 3.